The van der Waals surface area contributed by atoms with Crippen molar-refractivity contribution in [2.75, 3.05) is 19.6 Å². The Balaban J connectivity index is 1.84. The molecule has 1 heterocycles. The summed E-state index contributed by atoms with van der Waals surface area (Å²) in [6, 6.07) is 0. The third-order valence-electron chi connectivity index (χ3n) is 3.15. The second-order valence-corrected chi connectivity index (χ2v) is 4.56. The monoisotopic (exact) mass is 201 g/mol. The summed E-state index contributed by atoms with van der Waals surface area (Å²) in [6.45, 7) is 1.83. The minimum atomic E-state index is -0.986. The molecule has 2 fully saturated rings. The van der Waals surface area contributed by atoms with Crippen LogP contribution in [0.15, 0.2) is 0 Å². The topological polar surface area (TPSA) is 40.5 Å². The minimum Gasteiger partial charge on any atom is -0.481 e. The molecule has 1 aliphatic carbocycles. The van der Waals surface area contributed by atoms with Gasteiger partial charge >= 0.3 is 5.97 Å². The van der Waals surface area contributed by atoms with Crippen LogP contribution in [0.4, 0.5) is 4.39 Å². The van der Waals surface area contributed by atoms with Gasteiger partial charge in [0.2, 0.25) is 0 Å². The van der Waals surface area contributed by atoms with Gasteiger partial charge in [0.05, 0.1) is 5.92 Å². The molecule has 2 rings (SSSR count). The van der Waals surface area contributed by atoms with E-state index in [1.165, 1.54) is 0 Å². The van der Waals surface area contributed by atoms with Gasteiger partial charge < -0.3 is 5.11 Å². The molecule has 4 heteroatoms. The molecule has 0 aromatic carbocycles. The highest BCUT2D eigenvalue weighted by Crippen LogP contribution is 2.40. The Morgan fingerprint density at radius 3 is 2.86 bits per heavy atom. The van der Waals surface area contributed by atoms with E-state index in [0.29, 0.717) is 25.9 Å². The minimum absolute atomic E-state index is 0.286. The predicted octanol–water partition coefficient (Wildman–Crippen LogP) is 1.29. The maximum Gasteiger partial charge on any atom is 0.307 e. The van der Waals surface area contributed by atoms with E-state index < -0.39 is 11.6 Å². The molecular formula is C10H16FNO2. The van der Waals surface area contributed by atoms with Crippen LogP contribution in [0.25, 0.3) is 0 Å². The second-order valence-electron chi connectivity index (χ2n) is 4.56. The standard InChI is InChI=1S/C10H16FNO2/c11-10(3-4-10)7-12-5-1-2-8(6-12)9(13)14/h8H,1-7H2,(H,13,14). The van der Waals surface area contributed by atoms with E-state index in [1.54, 1.807) is 0 Å². The summed E-state index contributed by atoms with van der Waals surface area (Å²) >= 11 is 0. The van der Waals surface area contributed by atoms with Gasteiger partial charge in [-0.05, 0) is 32.2 Å². The lowest BCUT2D eigenvalue weighted by molar-refractivity contribution is -0.143. The summed E-state index contributed by atoms with van der Waals surface area (Å²) in [5, 5.41) is 8.85. The number of carbonyl (C=O) groups is 1. The SMILES string of the molecule is O=C(O)C1CCCN(CC2(F)CC2)C1. The molecule has 0 aromatic heterocycles. The van der Waals surface area contributed by atoms with Crippen molar-refractivity contribution in [3.63, 3.8) is 0 Å². The molecular weight excluding hydrogens is 185 g/mol. The van der Waals surface area contributed by atoms with Crippen LogP contribution in [0.2, 0.25) is 0 Å². The second kappa shape index (κ2) is 3.50. The molecule has 1 atom stereocenters. The van der Waals surface area contributed by atoms with Gasteiger partial charge in [0.15, 0.2) is 0 Å². The highest BCUT2D eigenvalue weighted by Gasteiger charge is 2.45. The van der Waals surface area contributed by atoms with Crippen molar-refractivity contribution in [3.05, 3.63) is 0 Å². The fraction of sp³-hybridized carbons (Fsp3) is 0.900. The number of hydrogen-bond acceptors (Lipinski definition) is 2. The summed E-state index contributed by atoms with van der Waals surface area (Å²) < 4.78 is 13.4. The molecule has 1 saturated carbocycles. The first-order chi connectivity index (χ1) is 6.59. The van der Waals surface area contributed by atoms with Gasteiger partial charge in [-0.25, -0.2) is 4.39 Å². The number of alkyl halides is 1. The third kappa shape index (κ3) is 2.23. The first-order valence-corrected chi connectivity index (χ1v) is 5.23. The lowest BCUT2D eigenvalue weighted by atomic mass is 9.98. The van der Waals surface area contributed by atoms with Gasteiger partial charge in [-0.15, -0.1) is 0 Å². The van der Waals surface area contributed by atoms with Gasteiger partial charge in [0.25, 0.3) is 0 Å². The van der Waals surface area contributed by atoms with Crippen LogP contribution < -0.4 is 0 Å². The molecule has 1 aliphatic heterocycles. The molecule has 3 nitrogen and oxygen atoms in total. The smallest absolute Gasteiger partial charge is 0.307 e. The molecule has 0 radical (unpaired) electrons. The largest absolute Gasteiger partial charge is 0.481 e. The van der Waals surface area contributed by atoms with Gasteiger partial charge in [0, 0.05) is 13.1 Å². The van der Waals surface area contributed by atoms with Crippen molar-refractivity contribution in [1.29, 1.82) is 0 Å². The van der Waals surface area contributed by atoms with Crippen LogP contribution in [0, 0.1) is 5.92 Å². The normalized spacial score (nSPS) is 31.4. The van der Waals surface area contributed by atoms with Crippen LogP contribution in [0.3, 0.4) is 0 Å². The van der Waals surface area contributed by atoms with E-state index in [2.05, 4.69) is 0 Å². The average molecular weight is 201 g/mol. The number of piperidine rings is 1. The van der Waals surface area contributed by atoms with Crippen LogP contribution in [-0.2, 0) is 4.79 Å². The zero-order valence-electron chi connectivity index (χ0n) is 8.21. The van der Waals surface area contributed by atoms with Crippen LogP contribution >= 0.6 is 0 Å². The summed E-state index contributed by atoms with van der Waals surface area (Å²) in [7, 11) is 0. The van der Waals surface area contributed by atoms with Crippen molar-refractivity contribution in [2.24, 2.45) is 5.92 Å². The number of aliphatic carboxylic acids is 1. The molecule has 0 aromatic rings. The zero-order chi connectivity index (χ0) is 10.2. The number of likely N-dealkylation sites (tertiary alicyclic amines) is 1. The molecule has 0 spiro atoms. The molecule has 1 saturated heterocycles. The Morgan fingerprint density at radius 2 is 2.29 bits per heavy atom. The molecule has 2 aliphatic rings. The maximum atomic E-state index is 13.4. The lowest BCUT2D eigenvalue weighted by Crippen LogP contribution is -2.42. The van der Waals surface area contributed by atoms with Gasteiger partial charge in [0.1, 0.15) is 5.67 Å². The van der Waals surface area contributed by atoms with Crippen molar-refractivity contribution < 1.29 is 14.3 Å². The van der Waals surface area contributed by atoms with E-state index in [1.807, 2.05) is 4.90 Å². The van der Waals surface area contributed by atoms with E-state index in [-0.39, 0.29) is 5.92 Å². The zero-order valence-corrected chi connectivity index (χ0v) is 8.21. The molecule has 1 N–H and O–H groups in total. The van der Waals surface area contributed by atoms with E-state index in [0.717, 1.165) is 19.4 Å². The van der Waals surface area contributed by atoms with Crippen molar-refractivity contribution >= 4 is 5.97 Å². The van der Waals surface area contributed by atoms with Gasteiger partial charge in [-0.2, -0.15) is 0 Å². The van der Waals surface area contributed by atoms with Gasteiger partial charge in [-0.1, -0.05) is 0 Å². The Hall–Kier alpha value is -0.640. The Morgan fingerprint density at radius 1 is 1.57 bits per heavy atom. The average Bonchev–Trinajstić information content (AvgIpc) is 2.83. The van der Waals surface area contributed by atoms with Crippen molar-refractivity contribution in [1.82, 2.24) is 4.90 Å². The number of rotatable bonds is 3. The quantitative estimate of drug-likeness (QED) is 0.748. The fourth-order valence-corrected chi connectivity index (χ4v) is 2.10. The van der Waals surface area contributed by atoms with Crippen molar-refractivity contribution in [2.45, 2.75) is 31.4 Å². The molecule has 1 unspecified atom stereocenters. The highest BCUT2D eigenvalue weighted by molar-refractivity contribution is 5.70. The van der Waals surface area contributed by atoms with E-state index in [9.17, 15) is 9.18 Å². The Labute approximate surface area is 82.9 Å². The summed E-state index contributed by atoms with van der Waals surface area (Å²) in [5.74, 6) is -1.02. The van der Waals surface area contributed by atoms with E-state index >= 15 is 0 Å². The maximum absolute atomic E-state index is 13.4. The van der Waals surface area contributed by atoms with Crippen molar-refractivity contribution in [3.8, 4) is 0 Å². The summed E-state index contributed by atoms with van der Waals surface area (Å²) in [5.41, 5.74) is -0.986. The Bertz CT molecular complexity index is 240. The molecule has 14 heavy (non-hydrogen) atoms. The number of carboxylic acid groups (broad SMARTS) is 1. The first-order valence-electron chi connectivity index (χ1n) is 5.23. The van der Waals surface area contributed by atoms with E-state index in [4.69, 9.17) is 5.11 Å². The highest BCUT2D eigenvalue weighted by atomic mass is 19.1. The number of halogens is 1. The lowest BCUT2D eigenvalue weighted by Gasteiger charge is -2.31. The summed E-state index contributed by atoms with van der Waals surface area (Å²) in [6.07, 6.45) is 2.93. The first kappa shape index (κ1) is 9.90. The Kier molecular flexibility index (Phi) is 2.47. The molecule has 80 valence electrons. The molecule has 0 bridgehead atoms. The van der Waals surface area contributed by atoms with Crippen LogP contribution in [0.1, 0.15) is 25.7 Å². The number of carboxylic acids is 1. The predicted molar refractivity (Wildman–Crippen MR) is 49.9 cm³/mol. The molecule has 0 amide bonds. The third-order valence-corrected chi connectivity index (χ3v) is 3.15. The number of nitrogens with zero attached hydrogens (tertiary/aromatic N) is 1. The van der Waals surface area contributed by atoms with Crippen LogP contribution in [0.5, 0.6) is 0 Å². The summed E-state index contributed by atoms with van der Waals surface area (Å²) in [4.78, 5) is 12.7. The number of hydrogen-bond donors (Lipinski definition) is 1. The van der Waals surface area contributed by atoms with Crippen LogP contribution in [-0.4, -0.2) is 41.3 Å². The van der Waals surface area contributed by atoms with Gasteiger partial charge in [-0.3, -0.25) is 9.69 Å². The fourth-order valence-electron chi connectivity index (χ4n) is 2.10.